The van der Waals surface area contributed by atoms with Crippen LogP contribution < -0.4 is 10.5 Å². The van der Waals surface area contributed by atoms with Crippen molar-refractivity contribution in [3.05, 3.63) is 53.1 Å². The zero-order valence-corrected chi connectivity index (χ0v) is 12.9. The second kappa shape index (κ2) is 5.49. The lowest BCUT2D eigenvalue weighted by Crippen LogP contribution is -2.13. The zero-order chi connectivity index (χ0) is 15.6. The molecule has 0 saturated heterocycles. The van der Waals surface area contributed by atoms with Gasteiger partial charge in [0.2, 0.25) is 0 Å². The number of nitriles is 1. The summed E-state index contributed by atoms with van der Waals surface area (Å²) in [6.07, 6.45) is 0. The van der Waals surface area contributed by atoms with Gasteiger partial charge < -0.3 is 10.5 Å². The molecule has 0 aliphatic heterocycles. The van der Waals surface area contributed by atoms with Gasteiger partial charge in [-0.05, 0) is 36.6 Å². The van der Waals surface area contributed by atoms with Gasteiger partial charge in [-0.2, -0.15) is 5.26 Å². The average molecular weight is 280 g/mol. The quantitative estimate of drug-likeness (QED) is 0.822. The van der Waals surface area contributed by atoms with Gasteiger partial charge in [0.1, 0.15) is 11.5 Å². The van der Waals surface area contributed by atoms with Gasteiger partial charge in [-0.3, -0.25) is 0 Å². The van der Waals surface area contributed by atoms with Gasteiger partial charge in [-0.15, -0.1) is 0 Å². The van der Waals surface area contributed by atoms with Crippen molar-refractivity contribution in [1.82, 2.24) is 0 Å². The van der Waals surface area contributed by atoms with Crippen molar-refractivity contribution in [3.63, 3.8) is 0 Å². The smallest absolute Gasteiger partial charge is 0.150 e. The summed E-state index contributed by atoms with van der Waals surface area (Å²) in [5, 5.41) is 8.88. The molecule has 2 aromatic rings. The lowest BCUT2D eigenvalue weighted by Gasteiger charge is -2.23. The molecule has 21 heavy (non-hydrogen) atoms. The fourth-order valence-corrected chi connectivity index (χ4v) is 2.15. The van der Waals surface area contributed by atoms with Crippen molar-refractivity contribution in [2.24, 2.45) is 0 Å². The molecule has 108 valence electrons. The van der Waals surface area contributed by atoms with Crippen LogP contribution in [0.25, 0.3) is 0 Å². The number of nitrogens with two attached hydrogens (primary N) is 1. The summed E-state index contributed by atoms with van der Waals surface area (Å²) in [4.78, 5) is 0. The van der Waals surface area contributed by atoms with Crippen LogP contribution in [-0.2, 0) is 5.41 Å². The van der Waals surface area contributed by atoms with Gasteiger partial charge in [-0.1, -0.05) is 38.5 Å². The van der Waals surface area contributed by atoms with E-state index >= 15 is 0 Å². The second-order valence-electron chi connectivity index (χ2n) is 6.22. The largest absolute Gasteiger partial charge is 0.455 e. The van der Waals surface area contributed by atoms with Crippen molar-refractivity contribution in [2.45, 2.75) is 33.1 Å². The molecule has 0 spiro atoms. The summed E-state index contributed by atoms with van der Waals surface area (Å²) in [7, 11) is 0. The highest BCUT2D eigenvalue weighted by Crippen LogP contribution is 2.36. The van der Waals surface area contributed by atoms with Gasteiger partial charge in [0.25, 0.3) is 0 Å². The first-order valence-corrected chi connectivity index (χ1v) is 6.90. The van der Waals surface area contributed by atoms with E-state index < -0.39 is 0 Å². The third-order valence-electron chi connectivity index (χ3n) is 3.30. The number of aryl methyl sites for hydroxylation is 1. The summed E-state index contributed by atoms with van der Waals surface area (Å²) >= 11 is 0. The van der Waals surface area contributed by atoms with Gasteiger partial charge >= 0.3 is 0 Å². The summed E-state index contributed by atoms with van der Waals surface area (Å²) in [5.74, 6) is 1.37. The number of anilines is 1. The van der Waals surface area contributed by atoms with Gasteiger partial charge in [0.15, 0.2) is 0 Å². The lowest BCUT2D eigenvalue weighted by atomic mass is 9.85. The fourth-order valence-electron chi connectivity index (χ4n) is 2.15. The number of nitrogens with zero attached hydrogens (tertiary/aromatic N) is 1. The Bertz CT molecular complexity index is 706. The normalized spacial score (nSPS) is 11.0. The molecular weight excluding hydrogens is 260 g/mol. The Balaban J connectivity index is 2.43. The van der Waals surface area contributed by atoms with E-state index in [9.17, 15) is 0 Å². The maximum absolute atomic E-state index is 8.88. The van der Waals surface area contributed by atoms with Crippen LogP contribution in [0.4, 0.5) is 5.69 Å². The molecule has 0 aromatic heterocycles. The number of hydrogen-bond donors (Lipinski definition) is 1. The maximum atomic E-state index is 8.88. The van der Waals surface area contributed by atoms with E-state index in [1.54, 1.807) is 18.2 Å². The SMILES string of the molecule is Cc1ccc(Oc2ccc(C#N)cc2N)c(C(C)(C)C)c1. The highest BCUT2D eigenvalue weighted by molar-refractivity contribution is 5.58. The van der Waals surface area contributed by atoms with Gasteiger partial charge in [0, 0.05) is 5.56 Å². The molecule has 0 bridgehead atoms. The third kappa shape index (κ3) is 3.35. The Morgan fingerprint density at radius 2 is 1.71 bits per heavy atom. The first-order chi connectivity index (χ1) is 9.81. The van der Waals surface area contributed by atoms with Crippen LogP contribution in [0.5, 0.6) is 11.5 Å². The van der Waals surface area contributed by atoms with Crippen LogP contribution in [0.3, 0.4) is 0 Å². The first-order valence-electron chi connectivity index (χ1n) is 6.90. The van der Waals surface area contributed by atoms with E-state index in [0.717, 1.165) is 11.3 Å². The number of ether oxygens (including phenoxy) is 1. The standard InChI is InChI=1S/C18H20N2O/c1-12-5-7-16(14(9-12)18(2,3)4)21-17-8-6-13(11-19)10-15(17)20/h5-10H,20H2,1-4H3. The van der Waals surface area contributed by atoms with Gasteiger partial charge in [0.05, 0.1) is 17.3 Å². The average Bonchev–Trinajstić information content (AvgIpc) is 2.41. The summed E-state index contributed by atoms with van der Waals surface area (Å²) in [6, 6.07) is 13.3. The number of benzene rings is 2. The summed E-state index contributed by atoms with van der Waals surface area (Å²) < 4.78 is 5.99. The number of rotatable bonds is 2. The molecule has 2 rings (SSSR count). The fraction of sp³-hybridized carbons (Fsp3) is 0.278. The molecular formula is C18H20N2O. The van der Waals surface area contributed by atoms with Gasteiger partial charge in [-0.25, -0.2) is 0 Å². The Kier molecular flexibility index (Phi) is 3.90. The van der Waals surface area contributed by atoms with E-state index in [-0.39, 0.29) is 5.41 Å². The highest BCUT2D eigenvalue weighted by atomic mass is 16.5. The molecule has 3 nitrogen and oxygen atoms in total. The lowest BCUT2D eigenvalue weighted by molar-refractivity contribution is 0.457. The Labute approximate surface area is 126 Å². The first kappa shape index (κ1) is 14.9. The predicted molar refractivity (Wildman–Crippen MR) is 85.5 cm³/mol. The van der Waals surface area contributed by atoms with Crippen molar-refractivity contribution in [1.29, 1.82) is 5.26 Å². The van der Waals surface area contributed by atoms with Crippen LogP contribution in [0.1, 0.15) is 37.5 Å². The van der Waals surface area contributed by atoms with Crippen molar-refractivity contribution in [3.8, 4) is 17.6 Å². The van der Waals surface area contributed by atoms with Crippen molar-refractivity contribution < 1.29 is 4.74 Å². The van der Waals surface area contributed by atoms with Crippen LogP contribution in [-0.4, -0.2) is 0 Å². The predicted octanol–water partition coefficient (Wildman–Crippen LogP) is 4.54. The molecule has 2 aromatic carbocycles. The molecule has 0 atom stereocenters. The minimum absolute atomic E-state index is 0.0251. The molecule has 0 aliphatic rings. The van der Waals surface area contributed by atoms with E-state index in [1.807, 2.05) is 12.1 Å². The van der Waals surface area contributed by atoms with Crippen molar-refractivity contribution >= 4 is 5.69 Å². The molecule has 0 unspecified atom stereocenters. The highest BCUT2D eigenvalue weighted by Gasteiger charge is 2.20. The molecule has 0 amide bonds. The number of hydrogen-bond acceptors (Lipinski definition) is 3. The van der Waals surface area contributed by atoms with Crippen LogP contribution in [0.15, 0.2) is 36.4 Å². The van der Waals surface area contributed by atoms with Crippen molar-refractivity contribution in [2.75, 3.05) is 5.73 Å². The summed E-state index contributed by atoms with van der Waals surface area (Å²) in [5.41, 5.74) is 9.25. The molecule has 0 aliphatic carbocycles. The zero-order valence-electron chi connectivity index (χ0n) is 12.9. The molecule has 0 fully saturated rings. The minimum Gasteiger partial charge on any atom is -0.455 e. The second-order valence-corrected chi connectivity index (χ2v) is 6.22. The molecule has 3 heteroatoms. The molecule has 0 radical (unpaired) electrons. The Morgan fingerprint density at radius 1 is 1.05 bits per heavy atom. The third-order valence-corrected chi connectivity index (χ3v) is 3.30. The molecule has 2 N–H and O–H groups in total. The Hall–Kier alpha value is -2.47. The van der Waals surface area contributed by atoms with Crippen LogP contribution in [0.2, 0.25) is 0 Å². The van der Waals surface area contributed by atoms with Crippen LogP contribution >= 0.6 is 0 Å². The topological polar surface area (TPSA) is 59.0 Å². The van der Waals surface area contributed by atoms with Crippen LogP contribution in [0, 0.1) is 18.3 Å². The minimum atomic E-state index is -0.0251. The maximum Gasteiger partial charge on any atom is 0.150 e. The monoisotopic (exact) mass is 280 g/mol. The molecule has 0 heterocycles. The van der Waals surface area contributed by atoms with E-state index in [0.29, 0.717) is 17.0 Å². The van der Waals surface area contributed by atoms with E-state index in [2.05, 4.69) is 39.8 Å². The van der Waals surface area contributed by atoms with E-state index in [1.165, 1.54) is 5.56 Å². The molecule has 0 saturated carbocycles. The number of nitrogen functional groups attached to an aromatic ring is 1. The Morgan fingerprint density at radius 3 is 2.29 bits per heavy atom. The van der Waals surface area contributed by atoms with E-state index in [4.69, 9.17) is 15.7 Å². The summed E-state index contributed by atoms with van der Waals surface area (Å²) in [6.45, 7) is 8.51.